The minimum atomic E-state index is -0.477. The van der Waals surface area contributed by atoms with Gasteiger partial charge in [0.05, 0.1) is 12.4 Å². The van der Waals surface area contributed by atoms with E-state index in [2.05, 4.69) is 26.1 Å². The van der Waals surface area contributed by atoms with Crippen molar-refractivity contribution in [2.75, 3.05) is 6.61 Å². The lowest BCUT2D eigenvalue weighted by atomic mass is 10.6. The van der Waals surface area contributed by atoms with Crippen molar-refractivity contribution in [1.82, 2.24) is 24.1 Å². The Bertz CT molecular complexity index is 690. The average molecular weight is 327 g/mol. The van der Waals surface area contributed by atoms with Crippen LogP contribution in [-0.2, 0) is 17.0 Å². The zero-order valence-corrected chi connectivity index (χ0v) is 12.9. The number of carbonyl (C=O) groups is 1. The first-order chi connectivity index (χ1) is 10.2. The van der Waals surface area contributed by atoms with Crippen LogP contribution in [0.2, 0.25) is 0 Å². The summed E-state index contributed by atoms with van der Waals surface area (Å²) in [5.41, 5.74) is -0.296. The smallest absolute Gasteiger partial charge is 0.369 e. The van der Waals surface area contributed by atoms with E-state index in [4.69, 9.17) is 4.74 Å². The average Bonchev–Trinajstić information content (AvgIpc) is 3.06. The van der Waals surface area contributed by atoms with E-state index in [0.717, 1.165) is 11.5 Å². The van der Waals surface area contributed by atoms with Gasteiger partial charge in [-0.25, -0.2) is 19.7 Å². The highest BCUT2D eigenvalue weighted by atomic mass is 32.2. The van der Waals surface area contributed by atoms with E-state index in [-0.39, 0.29) is 10.7 Å². The van der Waals surface area contributed by atoms with Gasteiger partial charge in [-0.2, -0.15) is 4.37 Å². The van der Waals surface area contributed by atoms with Gasteiger partial charge in [0.25, 0.3) is 0 Å². The second kappa shape index (κ2) is 7.18. The SMILES string of the molecule is C=CCn1c(SCc2nsc(C(=O)OCC)n2)n[nH]c1=O. The summed E-state index contributed by atoms with van der Waals surface area (Å²) in [5, 5.41) is 7.03. The second-order valence-corrected chi connectivity index (χ2v) is 5.43. The summed E-state index contributed by atoms with van der Waals surface area (Å²) in [6.07, 6.45) is 1.61. The first-order valence-corrected chi connectivity index (χ1v) is 7.80. The molecule has 1 N–H and O–H groups in total. The summed E-state index contributed by atoms with van der Waals surface area (Å²) < 4.78 is 10.4. The van der Waals surface area contributed by atoms with Crippen molar-refractivity contribution in [3.05, 3.63) is 34.0 Å². The van der Waals surface area contributed by atoms with Crippen LogP contribution >= 0.6 is 23.3 Å². The normalized spacial score (nSPS) is 10.5. The number of esters is 1. The Morgan fingerprint density at radius 3 is 3.14 bits per heavy atom. The van der Waals surface area contributed by atoms with Crippen LogP contribution in [0.5, 0.6) is 0 Å². The van der Waals surface area contributed by atoms with Crippen molar-refractivity contribution >= 4 is 29.3 Å². The number of aromatic amines is 1. The highest BCUT2D eigenvalue weighted by molar-refractivity contribution is 7.98. The molecule has 0 aromatic carbocycles. The lowest BCUT2D eigenvalue weighted by molar-refractivity contribution is 0.0525. The molecule has 2 aromatic rings. The third kappa shape index (κ3) is 3.79. The van der Waals surface area contributed by atoms with Gasteiger partial charge in [0.1, 0.15) is 0 Å². The van der Waals surface area contributed by atoms with Crippen LogP contribution < -0.4 is 5.69 Å². The van der Waals surface area contributed by atoms with Crippen LogP contribution in [0.25, 0.3) is 0 Å². The largest absolute Gasteiger partial charge is 0.461 e. The molecule has 10 heteroatoms. The molecule has 0 aliphatic heterocycles. The van der Waals surface area contributed by atoms with Crippen molar-refractivity contribution < 1.29 is 9.53 Å². The minimum absolute atomic E-state index is 0.220. The number of hydrogen-bond acceptors (Lipinski definition) is 8. The van der Waals surface area contributed by atoms with Gasteiger partial charge in [-0.05, 0) is 18.5 Å². The number of ether oxygens (including phenoxy) is 1. The van der Waals surface area contributed by atoms with E-state index in [1.165, 1.54) is 16.3 Å². The van der Waals surface area contributed by atoms with E-state index < -0.39 is 5.97 Å². The molecular weight excluding hydrogens is 314 g/mol. The number of hydrogen-bond donors (Lipinski definition) is 1. The molecule has 112 valence electrons. The topological polar surface area (TPSA) is 103 Å². The molecule has 0 amide bonds. The van der Waals surface area contributed by atoms with Crippen LogP contribution in [0.15, 0.2) is 22.6 Å². The van der Waals surface area contributed by atoms with Crippen LogP contribution in [-0.4, -0.2) is 36.7 Å². The van der Waals surface area contributed by atoms with E-state index in [1.807, 2.05) is 0 Å². The number of carbonyl (C=O) groups excluding carboxylic acids is 1. The molecule has 0 aliphatic carbocycles. The van der Waals surface area contributed by atoms with Gasteiger partial charge < -0.3 is 4.74 Å². The van der Waals surface area contributed by atoms with Gasteiger partial charge in [-0.15, -0.1) is 11.7 Å². The Morgan fingerprint density at radius 1 is 1.62 bits per heavy atom. The number of nitrogens with zero attached hydrogens (tertiary/aromatic N) is 4. The van der Waals surface area contributed by atoms with Crippen LogP contribution in [0.4, 0.5) is 0 Å². The molecule has 0 saturated carbocycles. The summed E-state index contributed by atoms with van der Waals surface area (Å²) in [4.78, 5) is 27.1. The maximum atomic E-state index is 11.5. The Balaban J connectivity index is 2.02. The van der Waals surface area contributed by atoms with Gasteiger partial charge in [-0.1, -0.05) is 17.8 Å². The Labute approximate surface area is 128 Å². The van der Waals surface area contributed by atoms with Crippen LogP contribution in [0.3, 0.4) is 0 Å². The molecule has 8 nitrogen and oxygen atoms in total. The molecule has 2 heterocycles. The summed E-state index contributed by atoms with van der Waals surface area (Å²) in [7, 11) is 0. The lowest BCUT2D eigenvalue weighted by Crippen LogP contribution is -2.16. The minimum Gasteiger partial charge on any atom is -0.461 e. The summed E-state index contributed by atoms with van der Waals surface area (Å²) in [6, 6.07) is 0. The van der Waals surface area contributed by atoms with E-state index >= 15 is 0 Å². The van der Waals surface area contributed by atoms with Gasteiger partial charge >= 0.3 is 11.7 Å². The van der Waals surface area contributed by atoms with E-state index in [1.54, 1.807) is 13.0 Å². The molecule has 0 atom stereocenters. The van der Waals surface area contributed by atoms with Crippen molar-refractivity contribution in [3.8, 4) is 0 Å². The number of allylic oxidation sites excluding steroid dienone is 1. The van der Waals surface area contributed by atoms with Crippen molar-refractivity contribution in [2.45, 2.75) is 24.4 Å². The lowest BCUT2D eigenvalue weighted by Gasteiger charge is -2.00. The second-order valence-electron chi connectivity index (χ2n) is 3.74. The maximum Gasteiger partial charge on any atom is 0.369 e. The van der Waals surface area contributed by atoms with Gasteiger partial charge in [0, 0.05) is 6.54 Å². The molecule has 0 aliphatic rings. The van der Waals surface area contributed by atoms with Crippen LogP contribution in [0.1, 0.15) is 22.6 Å². The number of aromatic nitrogens is 5. The molecule has 0 bridgehead atoms. The third-order valence-electron chi connectivity index (χ3n) is 2.28. The van der Waals surface area contributed by atoms with E-state index in [0.29, 0.717) is 29.9 Å². The van der Waals surface area contributed by atoms with Crippen molar-refractivity contribution in [1.29, 1.82) is 0 Å². The molecule has 0 saturated heterocycles. The molecule has 0 fully saturated rings. The Kier molecular flexibility index (Phi) is 5.28. The highest BCUT2D eigenvalue weighted by Crippen LogP contribution is 2.19. The molecule has 0 radical (unpaired) electrons. The van der Waals surface area contributed by atoms with Crippen molar-refractivity contribution in [2.24, 2.45) is 0 Å². The number of thioether (sulfide) groups is 1. The fourth-order valence-corrected chi connectivity index (χ4v) is 2.89. The molecule has 0 spiro atoms. The quantitative estimate of drug-likeness (QED) is 0.461. The molecule has 21 heavy (non-hydrogen) atoms. The first-order valence-electron chi connectivity index (χ1n) is 6.04. The van der Waals surface area contributed by atoms with Gasteiger partial charge in [0.2, 0.25) is 5.01 Å². The van der Waals surface area contributed by atoms with Crippen LogP contribution in [0, 0.1) is 0 Å². The van der Waals surface area contributed by atoms with Gasteiger partial charge in [0.15, 0.2) is 11.0 Å². The maximum absolute atomic E-state index is 11.5. The Hall–Kier alpha value is -1.94. The first kappa shape index (κ1) is 15.4. The number of rotatable bonds is 7. The fraction of sp³-hybridized carbons (Fsp3) is 0.364. The predicted octanol–water partition coefficient (Wildman–Crippen LogP) is 1.08. The summed E-state index contributed by atoms with van der Waals surface area (Å²) in [6.45, 7) is 5.99. The Morgan fingerprint density at radius 2 is 2.43 bits per heavy atom. The molecule has 2 aromatic heterocycles. The van der Waals surface area contributed by atoms with E-state index in [9.17, 15) is 9.59 Å². The summed E-state index contributed by atoms with van der Waals surface area (Å²) in [5.74, 6) is 0.417. The molecular formula is C11H13N5O3S2. The standard InChI is InChI=1S/C11H13N5O3S2/c1-3-5-16-10(18)13-14-11(16)20-6-7-12-8(21-15-7)9(17)19-4-2/h3H,1,4-6H2,2H3,(H,13,18). The van der Waals surface area contributed by atoms with Crippen molar-refractivity contribution in [3.63, 3.8) is 0 Å². The number of nitrogens with one attached hydrogen (secondary N) is 1. The zero-order chi connectivity index (χ0) is 15.2. The monoisotopic (exact) mass is 327 g/mol. The highest BCUT2D eigenvalue weighted by Gasteiger charge is 2.15. The van der Waals surface area contributed by atoms with Gasteiger partial charge in [-0.3, -0.25) is 4.57 Å². The zero-order valence-electron chi connectivity index (χ0n) is 11.2. The number of H-pyrrole nitrogens is 1. The third-order valence-corrected chi connectivity index (χ3v) is 3.99. The summed E-state index contributed by atoms with van der Waals surface area (Å²) >= 11 is 2.29. The molecule has 2 rings (SSSR count). The molecule has 0 unspecified atom stereocenters. The predicted molar refractivity (Wildman–Crippen MR) is 78.5 cm³/mol. The fourth-order valence-electron chi connectivity index (χ4n) is 1.42.